The minimum absolute atomic E-state index is 0.188. The lowest BCUT2D eigenvalue weighted by atomic mass is 9.89. The zero-order valence-electron chi connectivity index (χ0n) is 62.4. The highest BCUT2D eigenvalue weighted by atomic mass is 79.9. The number of ketones is 1. The molecule has 0 radical (unpaired) electrons. The highest BCUT2D eigenvalue weighted by Crippen LogP contribution is 2.40. The summed E-state index contributed by atoms with van der Waals surface area (Å²) >= 11 is 3.04. The lowest BCUT2D eigenvalue weighted by Gasteiger charge is -2.51. The monoisotopic (exact) mass is 1760 g/mol. The number of aliphatic hydroxyl groups excluding tert-OH is 24. The molecule has 0 aromatic heterocycles. The molecule has 9 rings (SSSR count). The van der Waals surface area contributed by atoms with E-state index in [4.69, 9.17) is 80.5 Å². The number of halogens is 1. The highest BCUT2D eigenvalue weighted by Gasteiger charge is 2.61. The van der Waals surface area contributed by atoms with E-state index in [0.717, 1.165) is 27.7 Å². The Labute approximate surface area is 666 Å². The van der Waals surface area contributed by atoms with Crippen LogP contribution in [0.4, 0.5) is 0 Å². The van der Waals surface area contributed by atoms with Crippen molar-refractivity contribution in [2.45, 2.75) is 310 Å². The minimum Gasteiger partial charge on any atom is -0.394 e. The van der Waals surface area contributed by atoms with Crippen LogP contribution in [0.25, 0.3) is 0 Å². The first kappa shape index (κ1) is 96.2. The van der Waals surface area contributed by atoms with Gasteiger partial charge in [-0.3, -0.25) is 24.0 Å². The van der Waals surface area contributed by atoms with Crippen molar-refractivity contribution in [3.05, 3.63) is 0 Å². The van der Waals surface area contributed by atoms with Gasteiger partial charge in [0.25, 0.3) is 0 Å². The minimum atomic E-state index is -2.58. The number of alkyl halides is 1. The Morgan fingerprint density at radius 1 is 0.259 bits per heavy atom. The van der Waals surface area contributed by atoms with Crippen molar-refractivity contribution in [1.29, 1.82) is 0 Å². The zero-order chi connectivity index (χ0) is 85.5. The van der Waals surface area contributed by atoms with Crippen molar-refractivity contribution in [2.75, 3.05) is 64.8 Å². The van der Waals surface area contributed by atoms with Crippen LogP contribution in [-0.4, -0.2) is 493 Å². The molecule has 9 fully saturated rings. The average Bonchev–Trinajstić information content (AvgIpc) is 0.768. The largest absolute Gasteiger partial charge is 0.394 e. The molecule has 0 bridgehead atoms. The van der Waals surface area contributed by atoms with Gasteiger partial charge in [0.2, 0.25) is 23.6 Å². The van der Waals surface area contributed by atoms with Crippen LogP contribution >= 0.6 is 15.9 Å². The fourth-order valence-corrected chi connectivity index (χ4v) is 15.3. The molecule has 45 atom stereocenters. The first-order valence-corrected chi connectivity index (χ1v) is 38.1. The second kappa shape index (κ2) is 42.7. The summed E-state index contributed by atoms with van der Waals surface area (Å²) in [6, 6.07) is -7.23. The van der Waals surface area contributed by atoms with Gasteiger partial charge in [-0.15, -0.1) is 0 Å². The summed E-state index contributed by atoms with van der Waals surface area (Å²) in [6.45, 7) is -5.92. The average molecular weight is 1760 g/mol. The third-order valence-corrected chi connectivity index (χ3v) is 21.7. The Morgan fingerprint density at radius 3 is 0.879 bits per heavy atom. The number of aliphatic hydroxyl groups is 24. The molecule has 19 unspecified atom stereocenters. The van der Waals surface area contributed by atoms with Crippen LogP contribution in [0.1, 0.15) is 34.1 Å². The molecule has 4 amide bonds. The lowest BCUT2D eigenvalue weighted by Crippen LogP contribution is -2.71. The van der Waals surface area contributed by atoms with Crippen molar-refractivity contribution < 1.29 is 227 Å². The van der Waals surface area contributed by atoms with Crippen molar-refractivity contribution in [3.63, 3.8) is 0 Å². The van der Waals surface area contributed by atoms with E-state index in [1.54, 1.807) is 0 Å². The molecule has 670 valence electrons. The topological polar surface area (TPSA) is 776 Å². The quantitative estimate of drug-likeness (QED) is 0.0278. The van der Waals surface area contributed by atoms with E-state index in [1.807, 2.05) is 0 Å². The molecule has 9 heterocycles. The second-order valence-corrected chi connectivity index (χ2v) is 29.7. The van der Waals surface area contributed by atoms with Gasteiger partial charge in [0.1, 0.15) is 219 Å². The second-order valence-electron chi connectivity index (χ2n) is 29.2. The normalized spacial score (nSPS) is 47.6. The lowest BCUT2D eigenvalue weighted by molar-refractivity contribution is -0.398. The number of Topliss-reactive ketones (excluding diaryl/α,β-unsaturated/α-hetero) is 1. The number of ether oxygens (including phenoxy) is 17. The van der Waals surface area contributed by atoms with Gasteiger partial charge in [0.15, 0.2) is 50.3 Å². The third kappa shape index (κ3) is 21.6. The highest BCUT2D eigenvalue weighted by molar-refractivity contribution is 9.09. The van der Waals surface area contributed by atoms with E-state index >= 15 is 0 Å². The van der Waals surface area contributed by atoms with E-state index < -0.39 is 371 Å². The molecule has 9 aliphatic heterocycles. The number of nitrogens with one attached hydrogen (secondary N) is 4. The fourth-order valence-electron chi connectivity index (χ4n) is 15.0. The molecule has 0 saturated carbocycles. The zero-order valence-corrected chi connectivity index (χ0v) is 63.9. The van der Waals surface area contributed by atoms with Crippen LogP contribution in [0.2, 0.25) is 0 Å². The molecule has 51 heteroatoms. The van der Waals surface area contributed by atoms with Crippen LogP contribution < -0.4 is 21.3 Å². The summed E-state index contributed by atoms with van der Waals surface area (Å²) in [5.41, 5.74) is 0. The van der Waals surface area contributed by atoms with Crippen LogP contribution in [0, 0.1) is 0 Å². The van der Waals surface area contributed by atoms with Gasteiger partial charge < -0.3 is 224 Å². The summed E-state index contributed by atoms with van der Waals surface area (Å²) in [7, 11) is 0. The maximum atomic E-state index is 13.1. The maximum Gasteiger partial charge on any atom is 0.217 e. The van der Waals surface area contributed by atoms with E-state index in [-0.39, 0.29) is 5.33 Å². The molecule has 9 aliphatic rings. The first-order chi connectivity index (χ1) is 54.9. The first-order valence-electron chi connectivity index (χ1n) is 37.0. The predicted molar refractivity (Wildman–Crippen MR) is 365 cm³/mol. The number of amides is 4. The summed E-state index contributed by atoms with van der Waals surface area (Å²) in [6.07, 6.45) is -84.9. The van der Waals surface area contributed by atoms with Crippen LogP contribution in [0.15, 0.2) is 0 Å². The molecular formula is C65H107BrN4O46. The molecule has 0 aromatic carbocycles. The standard InChI is InChI=1S/C65H107BrN4O46/c1-16(79)67-31-21(5-20(83)6-66)101-26(11-75)51(40(31)89)110-58-32(68-17(2)80)41(90)54(29(14-78)106-58)113-63-50(99)55(114-65-57(47(96)38(87)25(10-74)105-65)116-60-34(70-19(4)82)43(92)53(28(13-77)108-60)112-62-49(98)45(94)36(85)23(8-72)103-62)39(88)30(109-63)15-100-64-56(46(95)37(86)24(9-73)104-64)115-59-33(69-18(3)81)42(91)52(27(12-76)107-59)111-61-48(97)44(93)35(84)22(7-71)102-61/h21-65,71-78,84-99H,5-15H2,1-4H3,(H,67,79)(H,68,80)(H,69,81)(H,70,82)/t21-,22?,23?,24?,25?,26?,27+,28?,29?,30?,31?,32?,33?,34?,35-,36-,37-,38-,39-,40+,41+,42?,43+,44-,45-,46-,47?,48?,49?,50?,51-,52+,53-,54-,55-,56?,57?,58-,59+,60-,61-,62-,63-,64+,65-/m0/s1. The molecule has 9 saturated heterocycles. The Bertz CT molecular complexity index is 3120. The van der Waals surface area contributed by atoms with Crippen molar-refractivity contribution in [3.8, 4) is 0 Å². The maximum absolute atomic E-state index is 13.1. The molecule has 0 spiro atoms. The number of carbonyl (C=O) groups is 5. The Kier molecular flexibility index (Phi) is 35.4. The van der Waals surface area contributed by atoms with E-state index in [9.17, 15) is 147 Å². The van der Waals surface area contributed by atoms with Gasteiger partial charge in [-0.2, -0.15) is 0 Å². The molecule has 0 aliphatic carbocycles. The van der Waals surface area contributed by atoms with Gasteiger partial charge in [-0.05, 0) is 0 Å². The molecule has 50 nitrogen and oxygen atoms in total. The Morgan fingerprint density at radius 2 is 0.526 bits per heavy atom. The summed E-state index contributed by atoms with van der Waals surface area (Å²) in [4.78, 5) is 64.1. The predicted octanol–water partition coefficient (Wildman–Crippen LogP) is -18.6. The molecule has 0 aromatic rings. The molecule has 116 heavy (non-hydrogen) atoms. The summed E-state index contributed by atoms with van der Waals surface area (Å²) in [5, 5.41) is 277. The van der Waals surface area contributed by atoms with Crippen LogP contribution in [0.5, 0.6) is 0 Å². The summed E-state index contributed by atoms with van der Waals surface area (Å²) < 4.78 is 102. The molecular weight excluding hydrogens is 1650 g/mol. The SMILES string of the molecule is CC(=O)NC1C(O)[C@H](O[C@@H]2OC(CO)[C@H](O)[C@H](O)C2O)[C@@H](CO)O[C@@H]1OC1[C@H](OCC2O[C@@H](O[C@H]3C(CO)O[C@@H](O[C@H]4C(CO)O[C@@H](CC(=O)CBr)C(NC(C)=O)[C@H]4O)C(NC(C)=O)[C@H]3O)C(O)[C@@H](O[C@@H]3OC(CO)[C@H](O)C(O)C3O[C@@H]3OC(CO)[C@H](O[C@@H]4OC(CO)[C@H](O)[C@H](O)C4O)[C@H](O)C3NC(C)=O)[C@H]2O)OC(CO)[C@H](O)[C@@H]1O. The van der Waals surface area contributed by atoms with Gasteiger partial charge >= 0.3 is 0 Å². The van der Waals surface area contributed by atoms with E-state index in [0.29, 0.717) is 0 Å². The Balaban J connectivity index is 1.06. The molecule has 28 N–H and O–H groups in total. The smallest absolute Gasteiger partial charge is 0.217 e. The van der Waals surface area contributed by atoms with E-state index in [2.05, 4.69) is 37.2 Å². The number of rotatable bonds is 32. The Hall–Kier alpha value is -3.61. The number of hydrogen-bond donors (Lipinski definition) is 28. The fraction of sp³-hybridized carbons (Fsp3) is 0.923. The third-order valence-electron chi connectivity index (χ3n) is 21.1. The van der Waals surface area contributed by atoms with Gasteiger partial charge in [0, 0.05) is 34.1 Å². The van der Waals surface area contributed by atoms with E-state index in [1.165, 1.54) is 0 Å². The van der Waals surface area contributed by atoms with Crippen LogP contribution in [-0.2, 0) is 104 Å². The number of hydrogen-bond acceptors (Lipinski definition) is 46. The van der Waals surface area contributed by atoms with Gasteiger partial charge in [-0.1, -0.05) is 15.9 Å². The van der Waals surface area contributed by atoms with Crippen molar-refractivity contribution in [2.24, 2.45) is 0 Å². The summed E-state index contributed by atoms with van der Waals surface area (Å²) in [5.74, 6) is -4.02. The van der Waals surface area contributed by atoms with Crippen LogP contribution in [0.3, 0.4) is 0 Å². The number of carbonyl (C=O) groups excluding carboxylic acids is 5. The van der Waals surface area contributed by atoms with Crippen molar-refractivity contribution >= 4 is 45.3 Å². The van der Waals surface area contributed by atoms with Gasteiger partial charge in [-0.25, -0.2) is 0 Å². The van der Waals surface area contributed by atoms with Gasteiger partial charge in [0.05, 0.1) is 76.9 Å². The van der Waals surface area contributed by atoms with Crippen molar-refractivity contribution in [1.82, 2.24) is 21.3 Å².